The van der Waals surface area contributed by atoms with Gasteiger partial charge in [-0.2, -0.15) is 5.10 Å². The Hall–Kier alpha value is -1.32. The third-order valence-electron chi connectivity index (χ3n) is 1.85. The Labute approximate surface area is 70.8 Å². The Bertz CT molecular complexity index is 291. The third-order valence-corrected chi connectivity index (χ3v) is 1.85. The number of carboxylic acid groups (broad SMARTS) is 1. The first kappa shape index (κ1) is 8.77. The Kier molecular flexibility index (Phi) is 2.47. The summed E-state index contributed by atoms with van der Waals surface area (Å²) in [6, 6.07) is 0. The predicted octanol–water partition coefficient (Wildman–Crippen LogP) is 0.839. The Morgan fingerprint density at radius 2 is 2.42 bits per heavy atom. The number of aromatic nitrogens is 2. The summed E-state index contributed by atoms with van der Waals surface area (Å²) in [5.41, 5.74) is 1.74. The van der Waals surface area contributed by atoms with Gasteiger partial charge in [-0.1, -0.05) is 0 Å². The van der Waals surface area contributed by atoms with Gasteiger partial charge in [0, 0.05) is 17.8 Å². The quantitative estimate of drug-likeness (QED) is 0.727. The minimum absolute atomic E-state index is 0.0613. The van der Waals surface area contributed by atoms with Gasteiger partial charge in [-0.25, -0.2) is 0 Å². The lowest BCUT2D eigenvalue weighted by Crippen LogP contribution is -2.03. The molecule has 12 heavy (non-hydrogen) atoms. The van der Waals surface area contributed by atoms with Gasteiger partial charge in [0.25, 0.3) is 0 Å². The minimum atomic E-state index is -0.811. The first-order valence-corrected chi connectivity index (χ1v) is 3.88. The van der Waals surface area contributed by atoms with Crippen LogP contribution in [-0.4, -0.2) is 20.9 Å². The summed E-state index contributed by atoms with van der Waals surface area (Å²) in [7, 11) is 0. The summed E-state index contributed by atoms with van der Waals surface area (Å²) in [6.45, 7) is 4.64. The largest absolute Gasteiger partial charge is 0.481 e. The van der Waals surface area contributed by atoms with Crippen LogP contribution in [0.15, 0.2) is 6.20 Å². The molecule has 4 nitrogen and oxygen atoms in total. The van der Waals surface area contributed by atoms with Crippen molar-refractivity contribution in [3.05, 3.63) is 17.5 Å². The smallest absolute Gasteiger partial charge is 0.307 e. The zero-order valence-electron chi connectivity index (χ0n) is 7.24. The fourth-order valence-corrected chi connectivity index (χ4v) is 1.14. The fourth-order valence-electron chi connectivity index (χ4n) is 1.14. The maximum absolute atomic E-state index is 10.4. The highest BCUT2D eigenvalue weighted by Crippen LogP contribution is 2.07. The summed E-state index contributed by atoms with van der Waals surface area (Å²) in [4.78, 5) is 10.4. The monoisotopic (exact) mass is 168 g/mol. The van der Waals surface area contributed by atoms with Gasteiger partial charge in [0.2, 0.25) is 0 Å². The number of aliphatic carboxylic acids is 1. The van der Waals surface area contributed by atoms with E-state index in [1.165, 1.54) is 0 Å². The average Bonchev–Trinajstić information content (AvgIpc) is 2.32. The Morgan fingerprint density at radius 1 is 1.75 bits per heavy atom. The molecule has 1 rings (SSSR count). The summed E-state index contributed by atoms with van der Waals surface area (Å²) in [6.07, 6.45) is 1.68. The molecule has 1 aromatic heterocycles. The fraction of sp³-hybridized carbons (Fsp3) is 0.500. The van der Waals surface area contributed by atoms with Gasteiger partial charge in [-0.3, -0.25) is 9.48 Å². The number of hydrogen-bond acceptors (Lipinski definition) is 2. The van der Waals surface area contributed by atoms with Crippen molar-refractivity contribution in [1.82, 2.24) is 9.78 Å². The van der Waals surface area contributed by atoms with E-state index in [0.717, 1.165) is 17.8 Å². The Balaban J connectivity index is 2.87. The highest BCUT2D eigenvalue weighted by atomic mass is 16.4. The van der Waals surface area contributed by atoms with E-state index in [0.29, 0.717) is 0 Å². The summed E-state index contributed by atoms with van der Waals surface area (Å²) >= 11 is 0. The Morgan fingerprint density at radius 3 is 2.83 bits per heavy atom. The molecule has 0 atom stereocenters. The molecule has 0 amide bonds. The van der Waals surface area contributed by atoms with Crippen LogP contribution < -0.4 is 0 Å². The molecular formula is C8H12N2O2. The zero-order valence-corrected chi connectivity index (χ0v) is 7.24. The third kappa shape index (κ3) is 1.64. The molecule has 0 aliphatic heterocycles. The van der Waals surface area contributed by atoms with Crippen molar-refractivity contribution in [2.45, 2.75) is 26.8 Å². The highest BCUT2D eigenvalue weighted by Gasteiger charge is 2.07. The van der Waals surface area contributed by atoms with E-state index in [-0.39, 0.29) is 6.42 Å². The molecule has 0 fully saturated rings. The van der Waals surface area contributed by atoms with Gasteiger partial charge >= 0.3 is 5.97 Å². The number of hydrogen-bond donors (Lipinski definition) is 1. The second-order valence-electron chi connectivity index (χ2n) is 2.64. The van der Waals surface area contributed by atoms with E-state index in [4.69, 9.17) is 5.11 Å². The summed E-state index contributed by atoms with van der Waals surface area (Å²) in [5.74, 6) is -0.811. The van der Waals surface area contributed by atoms with Gasteiger partial charge in [0.05, 0.1) is 12.6 Å². The van der Waals surface area contributed by atoms with Crippen molar-refractivity contribution in [1.29, 1.82) is 0 Å². The lowest BCUT2D eigenvalue weighted by molar-refractivity contribution is -0.136. The molecule has 4 heteroatoms. The van der Waals surface area contributed by atoms with Crippen LogP contribution in [0.3, 0.4) is 0 Å². The van der Waals surface area contributed by atoms with E-state index >= 15 is 0 Å². The van der Waals surface area contributed by atoms with Gasteiger partial charge in [-0.15, -0.1) is 0 Å². The van der Waals surface area contributed by atoms with Crippen molar-refractivity contribution in [2.24, 2.45) is 0 Å². The molecule has 0 spiro atoms. The first-order chi connectivity index (χ1) is 5.65. The average molecular weight is 168 g/mol. The molecule has 0 aliphatic carbocycles. The van der Waals surface area contributed by atoms with Crippen molar-refractivity contribution in [2.75, 3.05) is 0 Å². The number of nitrogens with zero attached hydrogens (tertiary/aromatic N) is 2. The second kappa shape index (κ2) is 3.38. The standard InChI is InChI=1S/C8H12N2O2/c1-3-10-6(2)7(5-9-10)4-8(11)12/h5H,3-4H2,1-2H3,(H,11,12). The SMILES string of the molecule is CCn1ncc(CC(=O)O)c1C. The van der Waals surface area contributed by atoms with E-state index < -0.39 is 5.97 Å². The van der Waals surface area contributed by atoms with E-state index in [2.05, 4.69) is 5.10 Å². The van der Waals surface area contributed by atoms with Crippen molar-refractivity contribution in [3.8, 4) is 0 Å². The van der Waals surface area contributed by atoms with Crippen LogP contribution in [-0.2, 0) is 17.8 Å². The van der Waals surface area contributed by atoms with Crippen LogP contribution in [0.25, 0.3) is 0 Å². The number of carbonyl (C=O) groups is 1. The molecule has 0 saturated carbocycles. The molecule has 0 aliphatic rings. The van der Waals surface area contributed by atoms with Crippen LogP contribution in [0.2, 0.25) is 0 Å². The van der Waals surface area contributed by atoms with Crippen LogP contribution in [0.5, 0.6) is 0 Å². The summed E-state index contributed by atoms with van der Waals surface area (Å²) in [5, 5.41) is 12.6. The van der Waals surface area contributed by atoms with Crippen LogP contribution in [0, 0.1) is 6.92 Å². The second-order valence-corrected chi connectivity index (χ2v) is 2.64. The summed E-state index contributed by atoms with van der Waals surface area (Å²) < 4.78 is 1.79. The van der Waals surface area contributed by atoms with Gasteiger partial charge in [0.15, 0.2) is 0 Å². The van der Waals surface area contributed by atoms with E-state index in [9.17, 15) is 4.79 Å². The lowest BCUT2D eigenvalue weighted by atomic mass is 10.2. The number of carboxylic acids is 1. The van der Waals surface area contributed by atoms with Crippen molar-refractivity contribution < 1.29 is 9.90 Å². The first-order valence-electron chi connectivity index (χ1n) is 3.88. The zero-order chi connectivity index (χ0) is 9.14. The molecule has 1 heterocycles. The molecule has 66 valence electrons. The van der Waals surface area contributed by atoms with Crippen LogP contribution >= 0.6 is 0 Å². The topological polar surface area (TPSA) is 55.1 Å². The van der Waals surface area contributed by atoms with Crippen LogP contribution in [0.4, 0.5) is 0 Å². The molecule has 0 radical (unpaired) electrons. The van der Waals surface area contributed by atoms with Gasteiger partial charge in [-0.05, 0) is 13.8 Å². The molecule has 1 N–H and O–H groups in total. The highest BCUT2D eigenvalue weighted by molar-refractivity contribution is 5.70. The van der Waals surface area contributed by atoms with E-state index in [1.807, 2.05) is 13.8 Å². The molecule has 0 unspecified atom stereocenters. The minimum Gasteiger partial charge on any atom is -0.481 e. The number of rotatable bonds is 3. The molecule has 0 saturated heterocycles. The molecule has 0 aromatic carbocycles. The maximum atomic E-state index is 10.4. The molecule has 1 aromatic rings. The van der Waals surface area contributed by atoms with Gasteiger partial charge < -0.3 is 5.11 Å². The van der Waals surface area contributed by atoms with Gasteiger partial charge in [0.1, 0.15) is 0 Å². The van der Waals surface area contributed by atoms with Crippen LogP contribution in [0.1, 0.15) is 18.2 Å². The maximum Gasteiger partial charge on any atom is 0.307 e. The number of aryl methyl sites for hydroxylation is 1. The predicted molar refractivity (Wildman–Crippen MR) is 44.0 cm³/mol. The van der Waals surface area contributed by atoms with Crippen molar-refractivity contribution >= 4 is 5.97 Å². The molecular weight excluding hydrogens is 156 g/mol. The lowest BCUT2D eigenvalue weighted by Gasteiger charge is -1.99. The van der Waals surface area contributed by atoms with E-state index in [1.54, 1.807) is 10.9 Å². The molecule has 0 bridgehead atoms. The van der Waals surface area contributed by atoms with Crippen molar-refractivity contribution in [3.63, 3.8) is 0 Å². The normalized spacial score (nSPS) is 10.2.